The molecular formula is C12H18ClN3O2S. The van der Waals surface area contributed by atoms with E-state index in [-0.39, 0.29) is 9.92 Å². The van der Waals surface area contributed by atoms with Crippen molar-refractivity contribution in [2.45, 2.75) is 23.8 Å². The Bertz CT molecular complexity index is 558. The van der Waals surface area contributed by atoms with Crippen molar-refractivity contribution in [3.63, 3.8) is 0 Å². The number of benzene rings is 1. The molecule has 19 heavy (non-hydrogen) atoms. The molecule has 0 aromatic heterocycles. The lowest BCUT2D eigenvalue weighted by Crippen LogP contribution is -2.34. The van der Waals surface area contributed by atoms with Crippen molar-refractivity contribution in [2.24, 2.45) is 0 Å². The lowest BCUT2D eigenvalue weighted by molar-refractivity contribution is 0.329. The summed E-state index contributed by atoms with van der Waals surface area (Å²) in [5, 5.41) is 0.178. The number of nitrogens with one attached hydrogen (secondary N) is 1. The molecule has 0 aliphatic heterocycles. The van der Waals surface area contributed by atoms with E-state index in [0.29, 0.717) is 24.8 Å². The van der Waals surface area contributed by atoms with Gasteiger partial charge < -0.3 is 10.6 Å². The Labute approximate surface area is 118 Å². The molecule has 1 saturated carbocycles. The Morgan fingerprint density at radius 2 is 2.16 bits per heavy atom. The highest BCUT2D eigenvalue weighted by Crippen LogP contribution is 2.25. The van der Waals surface area contributed by atoms with Gasteiger partial charge >= 0.3 is 0 Å². The number of halogens is 1. The van der Waals surface area contributed by atoms with E-state index >= 15 is 0 Å². The van der Waals surface area contributed by atoms with Gasteiger partial charge in [-0.15, -0.1) is 0 Å². The topological polar surface area (TPSA) is 75.4 Å². The standard InChI is InChI=1S/C12H18ClN3O2S/c1-16(10-3-4-10)7-6-15-19(17,18)12-8-9(14)2-5-11(12)13/h2,5,8,10,15H,3-4,6-7,14H2,1H3. The second-order valence-electron chi connectivity index (χ2n) is 4.80. The van der Waals surface area contributed by atoms with Crippen LogP contribution >= 0.6 is 11.6 Å². The summed E-state index contributed by atoms with van der Waals surface area (Å²) in [6.45, 7) is 1.05. The van der Waals surface area contributed by atoms with Crippen molar-refractivity contribution in [3.05, 3.63) is 23.2 Å². The summed E-state index contributed by atoms with van der Waals surface area (Å²) < 4.78 is 26.8. The number of hydrogen-bond acceptors (Lipinski definition) is 4. The van der Waals surface area contributed by atoms with E-state index in [9.17, 15) is 8.42 Å². The fraction of sp³-hybridized carbons (Fsp3) is 0.500. The van der Waals surface area contributed by atoms with Gasteiger partial charge in [0.05, 0.1) is 5.02 Å². The molecule has 0 saturated heterocycles. The van der Waals surface area contributed by atoms with Crippen LogP contribution in [0.25, 0.3) is 0 Å². The van der Waals surface area contributed by atoms with Gasteiger partial charge in [0.1, 0.15) is 4.90 Å². The summed E-state index contributed by atoms with van der Waals surface area (Å²) in [5.74, 6) is 0. The van der Waals surface area contributed by atoms with Crippen molar-refractivity contribution in [3.8, 4) is 0 Å². The minimum Gasteiger partial charge on any atom is -0.399 e. The molecule has 1 fully saturated rings. The Hall–Kier alpha value is -0.820. The lowest BCUT2D eigenvalue weighted by Gasteiger charge is -2.16. The highest BCUT2D eigenvalue weighted by atomic mass is 35.5. The van der Waals surface area contributed by atoms with E-state index in [2.05, 4.69) is 9.62 Å². The van der Waals surface area contributed by atoms with Crippen LogP contribution in [0.4, 0.5) is 5.69 Å². The fourth-order valence-electron chi connectivity index (χ4n) is 1.86. The average Bonchev–Trinajstić information content (AvgIpc) is 3.15. The molecule has 106 valence electrons. The molecule has 1 aromatic rings. The van der Waals surface area contributed by atoms with Gasteiger partial charge in [0.15, 0.2) is 0 Å². The van der Waals surface area contributed by atoms with Crippen LogP contribution < -0.4 is 10.5 Å². The molecule has 1 aliphatic carbocycles. The molecule has 0 heterocycles. The Morgan fingerprint density at radius 1 is 1.47 bits per heavy atom. The summed E-state index contributed by atoms with van der Waals surface area (Å²) >= 11 is 5.90. The number of likely N-dealkylation sites (N-methyl/N-ethyl adjacent to an activating group) is 1. The van der Waals surface area contributed by atoms with Crippen LogP contribution in [-0.4, -0.2) is 39.5 Å². The maximum atomic E-state index is 12.1. The molecular weight excluding hydrogens is 286 g/mol. The third-order valence-corrected chi connectivity index (χ3v) is 5.11. The van der Waals surface area contributed by atoms with Crippen molar-refractivity contribution >= 4 is 27.3 Å². The number of anilines is 1. The zero-order valence-corrected chi connectivity index (χ0v) is 12.3. The van der Waals surface area contributed by atoms with E-state index in [0.717, 1.165) is 0 Å². The fourth-order valence-corrected chi connectivity index (χ4v) is 3.41. The maximum Gasteiger partial charge on any atom is 0.242 e. The van der Waals surface area contributed by atoms with Crippen molar-refractivity contribution in [1.82, 2.24) is 9.62 Å². The Kier molecular flexibility index (Phi) is 4.35. The zero-order chi connectivity index (χ0) is 14.0. The Morgan fingerprint density at radius 3 is 2.79 bits per heavy atom. The smallest absolute Gasteiger partial charge is 0.242 e. The first kappa shape index (κ1) is 14.6. The Balaban J connectivity index is 1.99. The van der Waals surface area contributed by atoms with Crippen molar-refractivity contribution < 1.29 is 8.42 Å². The quantitative estimate of drug-likeness (QED) is 0.777. The third-order valence-electron chi connectivity index (χ3n) is 3.17. The van der Waals surface area contributed by atoms with Crippen LogP contribution in [0.3, 0.4) is 0 Å². The minimum atomic E-state index is -3.60. The largest absolute Gasteiger partial charge is 0.399 e. The van der Waals surface area contributed by atoms with E-state index in [1.165, 1.54) is 25.0 Å². The number of sulfonamides is 1. The molecule has 1 aliphatic rings. The highest BCUT2D eigenvalue weighted by molar-refractivity contribution is 7.89. The van der Waals surface area contributed by atoms with E-state index < -0.39 is 10.0 Å². The average molecular weight is 304 g/mol. The first-order valence-corrected chi connectivity index (χ1v) is 8.01. The van der Waals surface area contributed by atoms with Gasteiger partial charge in [0.25, 0.3) is 0 Å². The zero-order valence-electron chi connectivity index (χ0n) is 10.8. The second-order valence-corrected chi connectivity index (χ2v) is 6.94. The van der Waals surface area contributed by atoms with Crippen LogP contribution in [0.1, 0.15) is 12.8 Å². The van der Waals surface area contributed by atoms with Gasteiger partial charge in [0, 0.05) is 24.8 Å². The molecule has 0 radical (unpaired) electrons. The maximum absolute atomic E-state index is 12.1. The van der Waals surface area contributed by atoms with Crippen LogP contribution in [0.15, 0.2) is 23.1 Å². The summed E-state index contributed by atoms with van der Waals surface area (Å²) in [6, 6.07) is 5.04. The lowest BCUT2D eigenvalue weighted by atomic mass is 10.3. The summed E-state index contributed by atoms with van der Waals surface area (Å²) in [6.07, 6.45) is 2.40. The molecule has 1 aromatic carbocycles. The van der Waals surface area contributed by atoms with Crippen LogP contribution in [0, 0.1) is 0 Å². The highest BCUT2D eigenvalue weighted by Gasteiger charge is 2.26. The number of nitrogen functional groups attached to an aromatic ring is 1. The predicted octanol–water partition coefficient (Wildman–Crippen LogP) is 1.29. The van der Waals surface area contributed by atoms with Crippen LogP contribution in [0.2, 0.25) is 5.02 Å². The number of nitrogens with two attached hydrogens (primary N) is 1. The van der Waals surface area contributed by atoms with E-state index in [4.69, 9.17) is 17.3 Å². The first-order chi connectivity index (χ1) is 8.90. The molecule has 5 nitrogen and oxygen atoms in total. The third kappa shape index (κ3) is 3.82. The van der Waals surface area contributed by atoms with E-state index in [1.807, 2.05) is 7.05 Å². The molecule has 7 heteroatoms. The van der Waals surface area contributed by atoms with Gasteiger partial charge in [-0.2, -0.15) is 0 Å². The number of hydrogen-bond donors (Lipinski definition) is 2. The van der Waals surface area contributed by atoms with Gasteiger partial charge in [-0.1, -0.05) is 11.6 Å². The molecule has 0 bridgehead atoms. The van der Waals surface area contributed by atoms with Crippen molar-refractivity contribution in [1.29, 1.82) is 0 Å². The SMILES string of the molecule is CN(CCNS(=O)(=O)c1cc(N)ccc1Cl)C1CC1. The first-order valence-electron chi connectivity index (χ1n) is 6.15. The van der Waals surface area contributed by atoms with Gasteiger partial charge in [-0.05, 0) is 38.1 Å². The van der Waals surface area contributed by atoms with Crippen LogP contribution in [0.5, 0.6) is 0 Å². The molecule has 0 spiro atoms. The monoisotopic (exact) mass is 303 g/mol. The normalized spacial score (nSPS) is 15.9. The molecule has 2 rings (SSSR count). The molecule has 0 atom stereocenters. The van der Waals surface area contributed by atoms with E-state index in [1.54, 1.807) is 6.07 Å². The van der Waals surface area contributed by atoms with Gasteiger partial charge in [-0.25, -0.2) is 13.1 Å². The molecule has 0 amide bonds. The summed E-state index contributed by atoms with van der Waals surface area (Å²) in [5.41, 5.74) is 5.96. The molecule has 0 unspecified atom stereocenters. The number of rotatable bonds is 6. The minimum absolute atomic E-state index is 0.0308. The molecule has 3 N–H and O–H groups in total. The predicted molar refractivity (Wildman–Crippen MR) is 76.7 cm³/mol. The summed E-state index contributed by atoms with van der Waals surface area (Å²) in [4.78, 5) is 2.19. The van der Waals surface area contributed by atoms with Crippen molar-refractivity contribution in [2.75, 3.05) is 25.9 Å². The second kappa shape index (κ2) is 5.66. The van der Waals surface area contributed by atoms with Crippen LogP contribution in [-0.2, 0) is 10.0 Å². The number of nitrogens with zero attached hydrogens (tertiary/aromatic N) is 1. The van der Waals surface area contributed by atoms with Gasteiger partial charge in [0.2, 0.25) is 10.0 Å². The van der Waals surface area contributed by atoms with Gasteiger partial charge in [-0.3, -0.25) is 0 Å². The summed E-state index contributed by atoms with van der Waals surface area (Å²) in [7, 11) is -1.60.